The van der Waals surface area contributed by atoms with Gasteiger partial charge in [0, 0.05) is 51.4 Å². The topological polar surface area (TPSA) is 62.3 Å². The molecule has 0 aromatic heterocycles. The molecule has 2 fully saturated rings. The van der Waals surface area contributed by atoms with E-state index in [0.717, 1.165) is 17.7 Å². The van der Waals surface area contributed by atoms with E-state index in [2.05, 4.69) is 0 Å². The number of anilines is 1. The van der Waals surface area contributed by atoms with Gasteiger partial charge >= 0.3 is 6.18 Å². The molecule has 0 spiro atoms. The van der Waals surface area contributed by atoms with E-state index < -0.39 is 17.7 Å². The first kappa shape index (κ1) is 25.7. The summed E-state index contributed by atoms with van der Waals surface area (Å²) >= 11 is 0. The molecule has 2 saturated heterocycles. The monoisotopic (exact) mass is 505 g/mol. The van der Waals surface area contributed by atoms with Crippen LogP contribution in [-0.4, -0.2) is 75.1 Å². The summed E-state index contributed by atoms with van der Waals surface area (Å²) in [6.07, 6.45) is -3.59. The molecule has 36 heavy (non-hydrogen) atoms. The highest BCUT2D eigenvalue weighted by Gasteiger charge is 2.37. The average Bonchev–Trinajstić information content (AvgIpc) is 3.26. The summed E-state index contributed by atoms with van der Waals surface area (Å²) in [5.41, 5.74) is 0.811. The fraction of sp³-hybridized carbons (Fsp3) is 0.462. The summed E-state index contributed by atoms with van der Waals surface area (Å²) in [5, 5.41) is 0. The lowest BCUT2D eigenvalue weighted by Crippen LogP contribution is -2.50. The Balaban J connectivity index is 1.29. The molecule has 2 aromatic carbocycles. The first-order valence-corrected chi connectivity index (χ1v) is 11.9. The summed E-state index contributed by atoms with van der Waals surface area (Å²) in [6.45, 7) is 2.57. The van der Waals surface area contributed by atoms with Crippen LogP contribution in [0.4, 0.5) is 18.9 Å². The molecule has 0 saturated carbocycles. The number of likely N-dealkylation sites (tertiary alicyclic amines) is 1. The van der Waals surface area contributed by atoms with Crippen LogP contribution in [0, 0.1) is 5.92 Å². The number of methoxy groups -OCH3 is 2. The van der Waals surface area contributed by atoms with E-state index in [-0.39, 0.29) is 18.2 Å². The van der Waals surface area contributed by atoms with Crippen LogP contribution in [0.15, 0.2) is 42.5 Å². The Kier molecular flexibility index (Phi) is 7.61. The summed E-state index contributed by atoms with van der Waals surface area (Å²) in [4.78, 5) is 31.0. The third kappa shape index (κ3) is 5.68. The normalized spacial score (nSPS) is 18.5. The molecule has 2 amide bonds. The van der Waals surface area contributed by atoms with Gasteiger partial charge in [0.05, 0.1) is 25.7 Å². The van der Waals surface area contributed by atoms with Gasteiger partial charge in [-0.2, -0.15) is 13.2 Å². The largest absolute Gasteiger partial charge is 0.493 e. The number of carbonyl (C=O) groups is 2. The summed E-state index contributed by atoms with van der Waals surface area (Å²) < 4.78 is 49.7. The van der Waals surface area contributed by atoms with E-state index in [1.54, 1.807) is 30.1 Å². The number of hydrogen-bond donors (Lipinski definition) is 0. The molecule has 1 atom stereocenters. The lowest BCUT2D eigenvalue weighted by Gasteiger charge is -2.37. The van der Waals surface area contributed by atoms with Gasteiger partial charge < -0.3 is 24.2 Å². The number of piperazine rings is 1. The number of amides is 2. The average molecular weight is 506 g/mol. The lowest BCUT2D eigenvalue weighted by atomic mass is 10.1. The number of benzene rings is 2. The minimum atomic E-state index is -4.39. The second kappa shape index (κ2) is 10.7. The van der Waals surface area contributed by atoms with Gasteiger partial charge in [0.2, 0.25) is 11.8 Å². The van der Waals surface area contributed by atoms with Crippen LogP contribution in [0.2, 0.25) is 0 Å². The Hall–Kier alpha value is -3.43. The molecule has 0 bridgehead atoms. The molecule has 0 unspecified atom stereocenters. The van der Waals surface area contributed by atoms with Crippen LogP contribution >= 0.6 is 0 Å². The first-order valence-electron chi connectivity index (χ1n) is 11.9. The van der Waals surface area contributed by atoms with Crippen LogP contribution in [0.25, 0.3) is 0 Å². The highest BCUT2D eigenvalue weighted by atomic mass is 19.4. The number of hydrogen-bond acceptors (Lipinski definition) is 5. The minimum absolute atomic E-state index is 0.0450. The van der Waals surface area contributed by atoms with Crippen molar-refractivity contribution in [3.63, 3.8) is 0 Å². The predicted molar refractivity (Wildman–Crippen MR) is 128 cm³/mol. The fourth-order valence-corrected chi connectivity index (χ4v) is 4.78. The Morgan fingerprint density at radius 1 is 1.00 bits per heavy atom. The van der Waals surface area contributed by atoms with E-state index in [1.165, 1.54) is 6.07 Å². The molecule has 7 nitrogen and oxygen atoms in total. The van der Waals surface area contributed by atoms with Crippen LogP contribution in [0.3, 0.4) is 0 Å². The van der Waals surface area contributed by atoms with Crippen LogP contribution in [0.5, 0.6) is 11.5 Å². The standard InChI is InChI=1S/C26H30F3N3O4/c1-35-22-7-6-18(14-23(22)36-2)8-9-32-17-19(15-24(32)33)25(34)31-12-10-30(11-13-31)21-5-3-4-20(16-21)26(27,28)29/h3-7,14,16,19H,8-13,15,17H2,1-2H3/t19-/m1/s1. The zero-order valence-corrected chi connectivity index (χ0v) is 20.4. The van der Waals surface area contributed by atoms with E-state index in [4.69, 9.17) is 9.47 Å². The predicted octanol–water partition coefficient (Wildman–Crippen LogP) is 3.46. The Labute approximate surface area is 208 Å². The number of carbonyl (C=O) groups excluding carboxylic acids is 2. The van der Waals surface area contributed by atoms with E-state index in [0.29, 0.717) is 62.9 Å². The molecule has 194 valence electrons. The number of halogens is 3. The molecule has 10 heteroatoms. The zero-order valence-electron chi connectivity index (χ0n) is 20.4. The van der Waals surface area contributed by atoms with Crippen molar-refractivity contribution in [2.75, 3.05) is 58.4 Å². The second-order valence-electron chi connectivity index (χ2n) is 9.04. The maximum absolute atomic E-state index is 13.1. The maximum Gasteiger partial charge on any atom is 0.416 e. The van der Waals surface area contributed by atoms with Crippen molar-refractivity contribution < 1.29 is 32.2 Å². The lowest BCUT2D eigenvalue weighted by molar-refractivity contribution is -0.137. The van der Waals surface area contributed by atoms with Gasteiger partial charge in [-0.05, 0) is 42.3 Å². The van der Waals surface area contributed by atoms with Crippen molar-refractivity contribution in [1.82, 2.24) is 9.80 Å². The smallest absolute Gasteiger partial charge is 0.416 e. The van der Waals surface area contributed by atoms with Gasteiger partial charge in [-0.25, -0.2) is 0 Å². The third-order valence-electron chi connectivity index (χ3n) is 6.81. The molecule has 2 aliphatic heterocycles. The van der Waals surface area contributed by atoms with Gasteiger partial charge in [-0.3, -0.25) is 9.59 Å². The van der Waals surface area contributed by atoms with Gasteiger partial charge in [0.15, 0.2) is 11.5 Å². The molecule has 0 N–H and O–H groups in total. The summed E-state index contributed by atoms with van der Waals surface area (Å²) in [6, 6.07) is 10.9. The SMILES string of the molecule is COc1ccc(CCN2C[C@H](C(=O)N3CCN(c4cccc(C(F)(F)F)c4)CC3)CC2=O)cc1OC. The molecule has 2 aliphatic rings. The number of ether oxygens (including phenoxy) is 2. The van der Waals surface area contributed by atoms with Crippen LogP contribution in [0.1, 0.15) is 17.5 Å². The second-order valence-corrected chi connectivity index (χ2v) is 9.04. The molecule has 0 aliphatic carbocycles. The minimum Gasteiger partial charge on any atom is -0.493 e. The van der Waals surface area contributed by atoms with Gasteiger partial charge in [-0.15, -0.1) is 0 Å². The van der Waals surface area contributed by atoms with Gasteiger partial charge in [0.25, 0.3) is 0 Å². The third-order valence-corrected chi connectivity index (χ3v) is 6.81. The molecule has 2 aromatic rings. The number of rotatable bonds is 7. The van der Waals surface area contributed by atoms with Gasteiger partial charge in [0.1, 0.15) is 0 Å². The molecule has 4 rings (SSSR count). The number of alkyl halides is 3. The first-order chi connectivity index (χ1) is 17.2. The van der Waals surface area contributed by atoms with Crippen molar-refractivity contribution >= 4 is 17.5 Å². The van der Waals surface area contributed by atoms with Crippen molar-refractivity contribution in [3.05, 3.63) is 53.6 Å². The highest BCUT2D eigenvalue weighted by molar-refractivity contribution is 5.89. The fourth-order valence-electron chi connectivity index (χ4n) is 4.78. The van der Waals surface area contributed by atoms with Crippen molar-refractivity contribution in [1.29, 1.82) is 0 Å². The molecular weight excluding hydrogens is 475 g/mol. The van der Waals surface area contributed by atoms with E-state index >= 15 is 0 Å². The Morgan fingerprint density at radius 3 is 2.39 bits per heavy atom. The molecular formula is C26H30F3N3O4. The molecule has 2 heterocycles. The summed E-state index contributed by atoms with van der Waals surface area (Å²) in [5.74, 6) is 0.748. The zero-order chi connectivity index (χ0) is 25.9. The van der Waals surface area contributed by atoms with Crippen LogP contribution in [-0.2, 0) is 22.2 Å². The Bertz CT molecular complexity index is 1100. The molecule has 0 radical (unpaired) electrons. The van der Waals surface area contributed by atoms with Crippen molar-refractivity contribution in [3.8, 4) is 11.5 Å². The highest BCUT2D eigenvalue weighted by Crippen LogP contribution is 2.32. The Morgan fingerprint density at radius 2 is 1.72 bits per heavy atom. The maximum atomic E-state index is 13.1. The van der Waals surface area contributed by atoms with Crippen LogP contribution < -0.4 is 14.4 Å². The van der Waals surface area contributed by atoms with Gasteiger partial charge in [-0.1, -0.05) is 12.1 Å². The number of nitrogens with zero attached hydrogens (tertiary/aromatic N) is 3. The van der Waals surface area contributed by atoms with Crippen molar-refractivity contribution in [2.24, 2.45) is 5.92 Å². The van der Waals surface area contributed by atoms with E-state index in [1.807, 2.05) is 23.1 Å². The van der Waals surface area contributed by atoms with Crippen molar-refractivity contribution in [2.45, 2.75) is 19.0 Å². The summed E-state index contributed by atoms with van der Waals surface area (Å²) in [7, 11) is 3.14. The quantitative estimate of drug-likeness (QED) is 0.577. The van der Waals surface area contributed by atoms with E-state index in [9.17, 15) is 22.8 Å².